The smallest absolute Gasteiger partial charge is 0.129 e. The molecule has 0 radical (unpaired) electrons. The van der Waals surface area contributed by atoms with Crippen LogP contribution in [-0.2, 0) is 0 Å². The molecular formula is C35H38O9. The van der Waals surface area contributed by atoms with Crippen LogP contribution >= 0.6 is 0 Å². The van der Waals surface area contributed by atoms with E-state index in [1.807, 2.05) is 36.4 Å². The summed E-state index contributed by atoms with van der Waals surface area (Å²) in [6.07, 6.45) is 1.25. The highest BCUT2D eigenvalue weighted by Crippen LogP contribution is 2.46. The maximum atomic E-state index is 12.0. The van der Waals surface area contributed by atoms with Crippen LogP contribution in [0.3, 0.4) is 0 Å². The lowest BCUT2D eigenvalue weighted by atomic mass is 9.87. The normalized spacial score (nSPS) is 12.4. The molecule has 9 nitrogen and oxygen atoms in total. The second kappa shape index (κ2) is 14.5. The molecule has 0 aliphatic heterocycles. The monoisotopic (exact) mass is 602 g/mol. The Balaban J connectivity index is 2.03. The van der Waals surface area contributed by atoms with Gasteiger partial charge in [-0.15, -0.1) is 0 Å². The van der Waals surface area contributed by atoms with Crippen LogP contribution in [0.15, 0.2) is 66.7 Å². The quantitative estimate of drug-likeness (QED) is 0.176. The van der Waals surface area contributed by atoms with Gasteiger partial charge in [-0.2, -0.15) is 0 Å². The lowest BCUT2D eigenvalue weighted by Crippen LogP contribution is -2.12. The van der Waals surface area contributed by atoms with E-state index in [9.17, 15) is 10.2 Å². The molecule has 2 unspecified atom stereocenters. The Morgan fingerprint density at radius 2 is 0.841 bits per heavy atom. The topological polar surface area (TPSA) is 105 Å². The number of aliphatic hydroxyl groups excluding tert-OH is 2. The van der Waals surface area contributed by atoms with Crippen molar-refractivity contribution >= 4 is 12.2 Å². The van der Waals surface area contributed by atoms with Gasteiger partial charge in [-0.05, 0) is 58.7 Å². The highest BCUT2D eigenvalue weighted by atomic mass is 16.5. The first-order chi connectivity index (χ1) is 21.3. The lowest BCUT2D eigenvalue weighted by Gasteiger charge is -2.26. The lowest BCUT2D eigenvalue weighted by molar-refractivity contribution is 0.204. The molecule has 4 aromatic carbocycles. The summed E-state index contributed by atoms with van der Waals surface area (Å²) in [4.78, 5) is 0. The van der Waals surface area contributed by atoms with E-state index in [1.54, 1.807) is 78.0 Å². The van der Waals surface area contributed by atoms with Gasteiger partial charge in [0, 0.05) is 29.3 Å². The number of benzene rings is 4. The van der Waals surface area contributed by atoms with E-state index in [1.165, 1.54) is 14.2 Å². The van der Waals surface area contributed by atoms with Crippen LogP contribution in [0.4, 0.5) is 0 Å². The average molecular weight is 603 g/mol. The molecule has 44 heavy (non-hydrogen) atoms. The van der Waals surface area contributed by atoms with Gasteiger partial charge in [0.25, 0.3) is 0 Å². The molecule has 0 fully saturated rings. The zero-order valence-corrected chi connectivity index (χ0v) is 25.9. The van der Waals surface area contributed by atoms with Crippen molar-refractivity contribution in [1.82, 2.24) is 0 Å². The van der Waals surface area contributed by atoms with E-state index in [2.05, 4.69) is 0 Å². The second-order valence-corrected chi connectivity index (χ2v) is 9.73. The molecule has 0 bridgehead atoms. The van der Waals surface area contributed by atoms with Gasteiger partial charge >= 0.3 is 0 Å². The molecule has 0 spiro atoms. The zero-order valence-electron chi connectivity index (χ0n) is 25.9. The third kappa shape index (κ3) is 6.85. The standard InChI is InChI=1S/C35H38O9/c1-38-24-11-8-21(9-12-24)10-13-29-32(34(36)22-14-25(39-2)18-26(15-22)40-3)30(43-6)20-31(44-7)33(29)35(37)23-16-27(41-4)19-28(17-23)42-5/h8-20,34-37H,1-7H3/b13-10+. The highest BCUT2D eigenvalue weighted by Gasteiger charge is 2.29. The predicted octanol–water partition coefficient (Wildman–Crippen LogP) is 6.08. The first kappa shape index (κ1) is 32.1. The molecule has 2 N–H and O–H groups in total. The molecule has 232 valence electrons. The summed E-state index contributed by atoms with van der Waals surface area (Å²) in [7, 11) is 10.8. The maximum Gasteiger partial charge on any atom is 0.129 e. The molecule has 0 aromatic heterocycles. The van der Waals surface area contributed by atoms with Crippen molar-refractivity contribution in [2.24, 2.45) is 0 Å². The Labute approximate surface area is 257 Å². The summed E-state index contributed by atoms with van der Waals surface area (Å²) >= 11 is 0. The number of aliphatic hydroxyl groups is 2. The Kier molecular flexibility index (Phi) is 10.6. The maximum absolute atomic E-state index is 12.0. The van der Waals surface area contributed by atoms with Crippen molar-refractivity contribution in [2.45, 2.75) is 12.2 Å². The first-order valence-electron chi connectivity index (χ1n) is 13.7. The predicted molar refractivity (Wildman–Crippen MR) is 169 cm³/mol. The summed E-state index contributed by atoms with van der Waals surface area (Å²) in [5.41, 5.74) is 3.13. The molecule has 0 amide bonds. The molecule has 4 rings (SSSR count). The molecule has 0 aliphatic rings. The highest BCUT2D eigenvalue weighted by molar-refractivity contribution is 5.78. The Morgan fingerprint density at radius 1 is 0.455 bits per heavy atom. The van der Waals surface area contributed by atoms with Crippen LogP contribution in [0.2, 0.25) is 0 Å². The van der Waals surface area contributed by atoms with Crippen molar-refractivity contribution in [3.8, 4) is 40.2 Å². The fourth-order valence-electron chi connectivity index (χ4n) is 4.97. The van der Waals surface area contributed by atoms with Crippen molar-refractivity contribution < 1.29 is 43.4 Å². The molecule has 0 saturated heterocycles. The van der Waals surface area contributed by atoms with E-state index < -0.39 is 12.2 Å². The fraction of sp³-hybridized carbons (Fsp3) is 0.257. The minimum Gasteiger partial charge on any atom is -0.497 e. The largest absolute Gasteiger partial charge is 0.497 e. The van der Waals surface area contributed by atoms with E-state index in [0.717, 1.165) is 11.3 Å². The van der Waals surface area contributed by atoms with Gasteiger partial charge in [-0.1, -0.05) is 24.3 Å². The summed E-state index contributed by atoms with van der Waals surface area (Å²) in [5.74, 6) is 3.44. The summed E-state index contributed by atoms with van der Waals surface area (Å²) < 4.78 is 38.8. The van der Waals surface area contributed by atoms with Gasteiger partial charge in [-0.25, -0.2) is 0 Å². The van der Waals surface area contributed by atoms with Crippen LogP contribution in [0.25, 0.3) is 12.2 Å². The van der Waals surface area contributed by atoms with Crippen LogP contribution in [0.5, 0.6) is 40.2 Å². The van der Waals surface area contributed by atoms with Crippen LogP contribution in [0.1, 0.15) is 45.6 Å². The van der Waals surface area contributed by atoms with Crippen molar-refractivity contribution in [2.75, 3.05) is 49.8 Å². The number of ether oxygens (including phenoxy) is 7. The van der Waals surface area contributed by atoms with Crippen molar-refractivity contribution in [1.29, 1.82) is 0 Å². The molecule has 0 heterocycles. The summed E-state index contributed by atoms with van der Waals surface area (Å²) in [6, 6.07) is 19.5. The summed E-state index contributed by atoms with van der Waals surface area (Å²) in [6.45, 7) is 0. The Bertz CT molecular complexity index is 1460. The van der Waals surface area contributed by atoms with Crippen molar-refractivity contribution in [3.05, 3.63) is 100 Å². The van der Waals surface area contributed by atoms with E-state index in [0.29, 0.717) is 62.3 Å². The molecular weight excluding hydrogens is 564 g/mol. The zero-order chi connectivity index (χ0) is 31.8. The molecule has 4 aromatic rings. The average Bonchev–Trinajstić information content (AvgIpc) is 3.08. The van der Waals surface area contributed by atoms with E-state index >= 15 is 0 Å². The fourth-order valence-corrected chi connectivity index (χ4v) is 4.97. The Morgan fingerprint density at radius 3 is 1.18 bits per heavy atom. The molecule has 9 heteroatoms. The van der Waals surface area contributed by atoms with Gasteiger partial charge in [-0.3, -0.25) is 0 Å². The van der Waals surface area contributed by atoms with Gasteiger partial charge in [0.1, 0.15) is 52.5 Å². The third-order valence-corrected chi connectivity index (χ3v) is 7.30. The third-order valence-electron chi connectivity index (χ3n) is 7.30. The number of hydrogen-bond acceptors (Lipinski definition) is 9. The van der Waals surface area contributed by atoms with Gasteiger partial charge in [0.15, 0.2) is 0 Å². The van der Waals surface area contributed by atoms with Crippen LogP contribution < -0.4 is 33.2 Å². The van der Waals surface area contributed by atoms with E-state index in [-0.39, 0.29) is 0 Å². The van der Waals surface area contributed by atoms with Crippen molar-refractivity contribution in [3.63, 3.8) is 0 Å². The molecule has 2 atom stereocenters. The SMILES string of the molecule is COc1ccc(/C=C/c2c(C(O)c3cc(OC)cc(OC)c3)c(OC)cc(OC)c2C(O)c2cc(OC)cc(OC)c2)cc1. The summed E-state index contributed by atoms with van der Waals surface area (Å²) in [5, 5.41) is 24.0. The van der Waals surface area contributed by atoms with Crippen LogP contribution in [-0.4, -0.2) is 60.0 Å². The Hall–Kier alpha value is -4.86. The molecule has 0 aliphatic carbocycles. The second-order valence-electron chi connectivity index (χ2n) is 9.73. The number of methoxy groups -OCH3 is 7. The number of rotatable bonds is 13. The molecule has 0 saturated carbocycles. The number of hydrogen-bond donors (Lipinski definition) is 2. The van der Waals surface area contributed by atoms with Crippen LogP contribution in [0, 0.1) is 0 Å². The minimum atomic E-state index is -1.22. The minimum absolute atomic E-state index is 0.352. The van der Waals surface area contributed by atoms with Gasteiger partial charge in [0.2, 0.25) is 0 Å². The van der Waals surface area contributed by atoms with Gasteiger partial charge in [0.05, 0.1) is 49.8 Å². The van der Waals surface area contributed by atoms with Gasteiger partial charge < -0.3 is 43.4 Å². The first-order valence-corrected chi connectivity index (χ1v) is 13.7. The van der Waals surface area contributed by atoms with E-state index in [4.69, 9.17) is 33.2 Å².